The van der Waals surface area contributed by atoms with Gasteiger partial charge in [-0.2, -0.15) is 0 Å². The number of benzene rings is 1. The highest BCUT2D eigenvalue weighted by Crippen LogP contribution is 2.26. The van der Waals surface area contributed by atoms with Crippen molar-refractivity contribution < 1.29 is 9.18 Å². The largest absolute Gasteiger partial charge is 0.325 e. The third kappa shape index (κ3) is 4.84. The number of unbranched alkanes of at least 4 members (excludes halogenated alkanes) is 1. The van der Waals surface area contributed by atoms with E-state index in [1.165, 1.54) is 17.8 Å². The molecule has 0 bridgehead atoms. The van der Waals surface area contributed by atoms with Gasteiger partial charge in [0, 0.05) is 17.9 Å². The zero-order chi connectivity index (χ0) is 18.6. The summed E-state index contributed by atoms with van der Waals surface area (Å²) in [5, 5.41) is 3.31. The zero-order valence-corrected chi connectivity index (χ0v) is 16.3. The van der Waals surface area contributed by atoms with E-state index in [2.05, 4.69) is 28.7 Å². The first-order valence-electron chi connectivity index (χ1n) is 8.60. The topological polar surface area (TPSA) is 46.9 Å². The minimum Gasteiger partial charge on any atom is -0.325 e. The first kappa shape index (κ1) is 19.5. The van der Waals surface area contributed by atoms with Gasteiger partial charge in [0.15, 0.2) is 5.16 Å². The average Bonchev–Trinajstić information content (AvgIpc) is 2.83. The molecule has 25 heavy (non-hydrogen) atoms. The summed E-state index contributed by atoms with van der Waals surface area (Å²) >= 11 is 1.44. The van der Waals surface area contributed by atoms with Crippen molar-refractivity contribution in [1.82, 2.24) is 9.55 Å². The Bertz CT molecular complexity index is 757. The van der Waals surface area contributed by atoms with Gasteiger partial charge in [-0.1, -0.05) is 31.2 Å². The number of carbonyl (C=O) groups excluding carboxylic acids is 1. The molecule has 0 aliphatic heterocycles. The number of nitrogens with zero attached hydrogens (tertiary/aromatic N) is 2. The van der Waals surface area contributed by atoms with Crippen LogP contribution in [0.1, 0.15) is 43.6 Å². The summed E-state index contributed by atoms with van der Waals surface area (Å²) in [7, 11) is 0. The van der Waals surface area contributed by atoms with Crippen LogP contribution in [0, 0.1) is 26.6 Å². The fourth-order valence-corrected chi connectivity index (χ4v) is 3.45. The van der Waals surface area contributed by atoms with Crippen LogP contribution in [0.25, 0.3) is 0 Å². The lowest BCUT2D eigenvalue weighted by Gasteiger charge is -2.14. The second-order valence-corrected chi connectivity index (χ2v) is 7.59. The van der Waals surface area contributed by atoms with Crippen molar-refractivity contribution in [2.45, 2.75) is 64.4 Å². The molecule has 0 saturated heterocycles. The highest BCUT2D eigenvalue weighted by atomic mass is 32.2. The van der Waals surface area contributed by atoms with Gasteiger partial charge < -0.3 is 9.88 Å². The fourth-order valence-electron chi connectivity index (χ4n) is 2.42. The summed E-state index contributed by atoms with van der Waals surface area (Å²) in [6.07, 6.45) is 2.18. The predicted molar refractivity (Wildman–Crippen MR) is 102 cm³/mol. The Balaban J connectivity index is 2.08. The molecule has 1 unspecified atom stereocenters. The van der Waals surface area contributed by atoms with E-state index in [0.717, 1.165) is 35.9 Å². The molecule has 0 saturated carbocycles. The summed E-state index contributed by atoms with van der Waals surface area (Å²) in [4.78, 5) is 17.0. The SMILES string of the molecule is CCCCn1c(SC(C)C(=O)Nc2ccc(C)c(F)c2)nc(C)c1C. The molecule has 0 fully saturated rings. The molecular formula is C19H26FN3OS. The molecule has 1 atom stereocenters. The van der Waals surface area contributed by atoms with Gasteiger partial charge in [-0.15, -0.1) is 0 Å². The van der Waals surface area contributed by atoms with Crippen molar-refractivity contribution in [3.8, 4) is 0 Å². The highest BCUT2D eigenvalue weighted by Gasteiger charge is 2.20. The van der Waals surface area contributed by atoms with Crippen LogP contribution < -0.4 is 5.32 Å². The third-order valence-corrected chi connectivity index (χ3v) is 5.34. The van der Waals surface area contributed by atoms with Crippen molar-refractivity contribution in [1.29, 1.82) is 0 Å². The van der Waals surface area contributed by atoms with E-state index < -0.39 is 0 Å². The lowest BCUT2D eigenvalue weighted by molar-refractivity contribution is -0.115. The molecule has 4 nitrogen and oxygen atoms in total. The van der Waals surface area contributed by atoms with Crippen molar-refractivity contribution in [3.05, 3.63) is 41.0 Å². The van der Waals surface area contributed by atoms with Gasteiger partial charge in [0.1, 0.15) is 5.82 Å². The Hall–Kier alpha value is -1.82. The van der Waals surface area contributed by atoms with Crippen molar-refractivity contribution in [3.63, 3.8) is 0 Å². The fraction of sp³-hybridized carbons (Fsp3) is 0.474. The third-order valence-electron chi connectivity index (χ3n) is 4.25. The van der Waals surface area contributed by atoms with Crippen molar-refractivity contribution in [2.75, 3.05) is 5.32 Å². The standard InChI is InChI=1S/C19H26FN3OS/c1-6-7-10-23-14(4)13(3)21-19(23)25-15(5)18(24)22-16-9-8-12(2)17(20)11-16/h8-9,11,15H,6-7,10H2,1-5H3,(H,22,24). The van der Waals surface area contributed by atoms with Gasteiger partial charge in [-0.05, 0) is 51.8 Å². The molecule has 0 aliphatic carbocycles. The lowest BCUT2D eigenvalue weighted by atomic mass is 10.2. The molecule has 1 N–H and O–H groups in total. The number of hydrogen-bond donors (Lipinski definition) is 1. The normalized spacial score (nSPS) is 12.2. The van der Waals surface area contributed by atoms with Gasteiger partial charge in [-0.25, -0.2) is 9.37 Å². The number of thioether (sulfide) groups is 1. The number of aromatic nitrogens is 2. The van der Waals surface area contributed by atoms with E-state index in [4.69, 9.17) is 0 Å². The number of nitrogens with one attached hydrogen (secondary N) is 1. The first-order chi connectivity index (χ1) is 11.8. The summed E-state index contributed by atoms with van der Waals surface area (Å²) in [5.74, 6) is -0.479. The van der Waals surface area contributed by atoms with Crippen LogP contribution in [0.2, 0.25) is 0 Å². The molecule has 136 valence electrons. The molecular weight excluding hydrogens is 337 g/mol. The maximum atomic E-state index is 13.6. The van der Waals surface area contributed by atoms with E-state index in [9.17, 15) is 9.18 Å². The Morgan fingerprint density at radius 1 is 1.36 bits per heavy atom. The number of halogens is 1. The number of rotatable bonds is 7. The van der Waals surface area contributed by atoms with Crippen LogP contribution in [-0.2, 0) is 11.3 Å². The van der Waals surface area contributed by atoms with Gasteiger partial charge >= 0.3 is 0 Å². The molecule has 1 amide bonds. The van der Waals surface area contributed by atoms with E-state index in [1.807, 2.05) is 13.8 Å². The Morgan fingerprint density at radius 3 is 2.72 bits per heavy atom. The zero-order valence-electron chi connectivity index (χ0n) is 15.5. The smallest absolute Gasteiger partial charge is 0.237 e. The number of hydrogen-bond acceptors (Lipinski definition) is 3. The van der Waals surface area contributed by atoms with Crippen LogP contribution in [-0.4, -0.2) is 20.7 Å². The van der Waals surface area contributed by atoms with E-state index in [-0.39, 0.29) is 17.0 Å². The molecule has 0 radical (unpaired) electrons. The number of imidazole rings is 1. The molecule has 1 aromatic heterocycles. The number of amides is 1. The summed E-state index contributed by atoms with van der Waals surface area (Å²) < 4.78 is 15.8. The van der Waals surface area contributed by atoms with Gasteiger partial charge in [0.05, 0.1) is 10.9 Å². The summed E-state index contributed by atoms with van der Waals surface area (Å²) in [6.45, 7) is 10.6. The summed E-state index contributed by atoms with van der Waals surface area (Å²) in [6, 6.07) is 4.72. The van der Waals surface area contributed by atoms with Crippen LogP contribution in [0.3, 0.4) is 0 Å². The molecule has 1 aromatic carbocycles. The second-order valence-electron chi connectivity index (χ2n) is 6.28. The second kappa shape index (κ2) is 8.52. The van der Waals surface area contributed by atoms with Crippen molar-refractivity contribution >= 4 is 23.4 Å². The quantitative estimate of drug-likeness (QED) is 0.714. The highest BCUT2D eigenvalue weighted by molar-refractivity contribution is 8.00. The van der Waals surface area contributed by atoms with E-state index in [0.29, 0.717) is 11.3 Å². The minimum absolute atomic E-state index is 0.159. The Kier molecular flexibility index (Phi) is 6.64. The number of carbonyl (C=O) groups is 1. The minimum atomic E-state index is -0.328. The van der Waals surface area contributed by atoms with Crippen LogP contribution in [0.5, 0.6) is 0 Å². The maximum absolute atomic E-state index is 13.6. The maximum Gasteiger partial charge on any atom is 0.237 e. The first-order valence-corrected chi connectivity index (χ1v) is 9.48. The Labute approximate surface area is 153 Å². The number of aryl methyl sites for hydroxylation is 2. The van der Waals surface area contributed by atoms with Crippen LogP contribution in [0.4, 0.5) is 10.1 Å². The van der Waals surface area contributed by atoms with Crippen molar-refractivity contribution in [2.24, 2.45) is 0 Å². The van der Waals surface area contributed by atoms with Gasteiger partial charge in [0.25, 0.3) is 0 Å². The molecule has 2 rings (SSSR count). The number of anilines is 1. The molecule has 1 heterocycles. The van der Waals surface area contributed by atoms with Crippen LogP contribution >= 0.6 is 11.8 Å². The van der Waals surface area contributed by atoms with Gasteiger partial charge in [0.2, 0.25) is 5.91 Å². The summed E-state index contributed by atoms with van der Waals surface area (Å²) in [5.41, 5.74) is 3.17. The lowest BCUT2D eigenvalue weighted by Crippen LogP contribution is -2.23. The predicted octanol–water partition coefficient (Wildman–Crippen LogP) is 4.87. The average molecular weight is 364 g/mol. The molecule has 0 spiro atoms. The van der Waals surface area contributed by atoms with E-state index >= 15 is 0 Å². The Morgan fingerprint density at radius 2 is 2.08 bits per heavy atom. The molecule has 2 aromatic rings. The van der Waals surface area contributed by atoms with Crippen LogP contribution in [0.15, 0.2) is 23.4 Å². The molecule has 6 heteroatoms. The van der Waals surface area contributed by atoms with E-state index in [1.54, 1.807) is 19.1 Å². The van der Waals surface area contributed by atoms with Gasteiger partial charge in [-0.3, -0.25) is 4.79 Å². The molecule has 0 aliphatic rings. The monoisotopic (exact) mass is 363 g/mol.